The first-order chi connectivity index (χ1) is 13.6. The summed E-state index contributed by atoms with van der Waals surface area (Å²) in [5.41, 5.74) is 2.10. The SMILES string of the molecule is CCCc1ccc(C(=O)N2CC[C@@H](N3CCN(C)CC3)[C@@H](CCCO)C2)cc1. The van der Waals surface area contributed by atoms with Gasteiger partial charge in [0, 0.05) is 57.5 Å². The average molecular weight is 388 g/mol. The minimum absolute atomic E-state index is 0.161. The van der Waals surface area contributed by atoms with E-state index in [4.69, 9.17) is 0 Å². The van der Waals surface area contributed by atoms with Gasteiger partial charge in [-0.2, -0.15) is 0 Å². The highest BCUT2D eigenvalue weighted by molar-refractivity contribution is 5.94. The summed E-state index contributed by atoms with van der Waals surface area (Å²) in [6.07, 6.45) is 5.04. The van der Waals surface area contributed by atoms with Crippen molar-refractivity contribution in [3.63, 3.8) is 0 Å². The summed E-state index contributed by atoms with van der Waals surface area (Å²) in [4.78, 5) is 20.1. The van der Waals surface area contributed by atoms with Crippen molar-refractivity contribution in [2.24, 2.45) is 5.92 Å². The Morgan fingerprint density at radius 3 is 2.46 bits per heavy atom. The van der Waals surface area contributed by atoms with Crippen molar-refractivity contribution in [2.75, 3.05) is 52.9 Å². The van der Waals surface area contributed by atoms with Crippen LogP contribution in [0.1, 0.15) is 48.5 Å². The Labute approximate surface area is 170 Å². The molecule has 0 spiro atoms. The van der Waals surface area contributed by atoms with Crippen molar-refractivity contribution in [1.82, 2.24) is 14.7 Å². The highest BCUT2D eigenvalue weighted by Gasteiger charge is 2.35. The van der Waals surface area contributed by atoms with Crippen molar-refractivity contribution >= 4 is 5.91 Å². The van der Waals surface area contributed by atoms with Crippen LogP contribution in [0.2, 0.25) is 0 Å². The average Bonchev–Trinajstić information content (AvgIpc) is 2.73. The number of likely N-dealkylation sites (tertiary alicyclic amines) is 1. The molecule has 2 aliphatic rings. The van der Waals surface area contributed by atoms with Crippen LogP contribution in [-0.4, -0.2) is 84.7 Å². The van der Waals surface area contributed by atoms with Crippen LogP contribution >= 0.6 is 0 Å². The van der Waals surface area contributed by atoms with Crippen LogP contribution in [0.3, 0.4) is 0 Å². The molecule has 1 aromatic rings. The van der Waals surface area contributed by atoms with E-state index in [1.165, 1.54) is 5.56 Å². The minimum atomic E-state index is 0.161. The number of aryl methyl sites for hydroxylation is 1. The van der Waals surface area contributed by atoms with Crippen molar-refractivity contribution in [3.05, 3.63) is 35.4 Å². The number of nitrogens with zero attached hydrogens (tertiary/aromatic N) is 3. The van der Waals surface area contributed by atoms with Crippen LogP contribution in [0.4, 0.5) is 0 Å². The summed E-state index contributed by atoms with van der Waals surface area (Å²) >= 11 is 0. The molecule has 0 unspecified atom stereocenters. The zero-order valence-electron chi connectivity index (χ0n) is 17.6. The molecule has 1 amide bonds. The van der Waals surface area contributed by atoms with Gasteiger partial charge in [-0.05, 0) is 56.3 Å². The number of aliphatic hydroxyl groups is 1. The number of rotatable bonds is 7. The van der Waals surface area contributed by atoms with Gasteiger partial charge in [0.05, 0.1) is 0 Å². The highest BCUT2D eigenvalue weighted by Crippen LogP contribution is 2.28. The molecule has 3 rings (SSSR count). The number of amides is 1. The maximum absolute atomic E-state index is 13.1. The number of piperidine rings is 1. The smallest absolute Gasteiger partial charge is 0.253 e. The fraction of sp³-hybridized carbons (Fsp3) is 0.696. The molecule has 0 bridgehead atoms. The predicted molar refractivity (Wildman–Crippen MR) is 114 cm³/mol. The Hall–Kier alpha value is -1.43. The van der Waals surface area contributed by atoms with Crippen molar-refractivity contribution < 1.29 is 9.90 Å². The third-order valence-corrected chi connectivity index (χ3v) is 6.46. The third kappa shape index (κ3) is 5.34. The number of likely N-dealkylation sites (N-methyl/N-ethyl adjacent to an activating group) is 1. The second kappa shape index (κ2) is 10.4. The molecule has 2 atom stereocenters. The lowest BCUT2D eigenvalue weighted by atomic mass is 9.86. The molecule has 2 aliphatic heterocycles. The molecule has 2 fully saturated rings. The minimum Gasteiger partial charge on any atom is -0.396 e. The van der Waals surface area contributed by atoms with Gasteiger partial charge in [-0.25, -0.2) is 0 Å². The molecule has 156 valence electrons. The van der Waals surface area contributed by atoms with Gasteiger partial charge in [-0.1, -0.05) is 25.5 Å². The van der Waals surface area contributed by atoms with E-state index < -0.39 is 0 Å². The van der Waals surface area contributed by atoms with Crippen molar-refractivity contribution in [2.45, 2.75) is 45.1 Å². The first kappa shape index (κ1) is 21.3. The molecule has 5 heteroatoms. The number of piperazine rings is 1. The fourth-order valence-electron chi connectivity index (χ4n) is 4.76. The maximum Gasteiger partial charge on any atom is 0.253 e. The van der Waals surface area contributed by atoms with E-state index in [1.807, 2.05) is 17.0 Å². The Bertz CT molecular complexity index is 611. The van der Waals surface area contributed by atoms with Crippen molar-refractivity contribution in [3.8, 4) is 0 Å². The number of benzene rings is 1. The number of carbonyl (C=O) groups excluding carboxylic acids is 1. The molecule has 0 saturated carbocycles. The Morgan fingerprint density at radius 2 is 1.82 bits per heavy atom. The van der Waals surface area contributed by atoms with Crippen LogP contribution in [-0.2, 0) is 6.42 Å². The van der Waals surface area contributed by atoms with E-state index in [2.05, 4.69) is 35.9 Å². The van der Waals surface area contributed by atoms with Gasteiger partial charge >= 0.3 is 0 Å². The molecule has 2 heterocycles. The lowest BCUT2D eigenvalue weighted by molar-refractivity contribution is 0.0218. The zero-order chi connectivity index (χ0) is 19.9. The summed E-state index contributed by atoms with van der Waals surface area (Å²) in [6, 6.07) is 8.70. The van der Waals surface area contributed by atoms with Crippen molar-refractivity contribution in [1.29, 1.82) is 0 Å². The van der Waals surface area contributed by atoms with E-state index in [1.54, 1.807) is 0 Å². The van der Waals surface area contributed by atoms with E-state index in [0.717, 1.165) is 76.9 Å². The lowest BCUT2D eigenvalue weighted by Gasteiger charge is -2.46. The number of aliphatic hydroxyl groups excluding tert-OH is 1. The van der Waals surface area contributed by atoms with Crippen LogP contribution in [0.5, 0.6) is 0 Å². The molecular weight excluding hydrogens is 350 g/mol. The zero-order valence-corrected chi connectivity index (χ0v) is 17.6. The first-order valence-electron chi connectivity index (χ1n) is 11.0. The van der Waals surface area contributed by atoms with E-state index >= 15 is 0 Å². The summed E-state index contributed by atoms with van der Waals surface area (Å²) in [5, 5.41) is 9.35. The molecule has 0 aliphatic carbocycles. The van der Waals surface area contributed by atoms with Crippen LogP contribution < -0.4 is 0 Å². The van der Waals surface area contributed by atoms with E-state index in [-0.39, 0.29) is 12.5 Å². The van der Waals surface area contributed by atoms with Crippen LogP contribution in [0.15, 0.2) is 24.3 Å². The normalized spacial score (nSPS) is 24.5. The standard InChI is InChI=1S/C23H37N3O2/c1-3-5-19-7-9-20(10-8-19)23(28)26-12-11-22(21(18-26)6-4-17-27)25-15-13-24(2)14-16-25/h7-10,21-22,27H,3-6,11-18H2,1-2H3/t21-,22+/m0/s1. The topological polar surface area (TPSA) is 47.0 Å². The second-order valence-corrected chi connectivity index (χ2v) is 8.52. The van der Waals surface area contributed by atoms with Crippen LogP contribution in [0, 0.1) is 5.92 Å². The molecule has 28 heavy (non-hydrogen) atoms. The van der Waals surface area contributed by atoms with Gasteiger partial charge < -0.3 is 14.9 Å². The summed E-state index contributed by atoms with van der Waals surface area (Å²) in [6.45, 7) is 8.53. The van der Waals surface area contributed by atoms with Gasteiger partial charge in [-0.3, -0.25) is 9.69 Å². The van der Waals surface area contributed by atoms with Gasteiger partial charge in [0.2, 0.25) is 0 Å². The summed E-state index contributed by atoms with van der Waals surface area (Å²) in [5.74, 6) is 0.612. The third-order valence-electron chi connectivity index (χ3n) is 6.46. The Kier molecular flexibility index (Phi) is 7.89. The quantitative estimate of drug-likeness (QED) is 0.781. The Balaban J connectivity index is 1.64. The molecular formula is C23H37N3O2. The molecule has 0 aromatic heterocycles. The maximum atomic E-state index is 13.1. The first-order valence-corrected chi connectivity index (χ1v) is 11.0. The molecule has 1 aromatic carbocycles. The molecule has 5 nitrogen and oxygen atoms in total. The largest absolute Gasteiger partial charge is 0.396 e. The molecule has 0 radical (unpaired) electrons. The number of carbonyl (C=O) groups is 1. The van der Waals surface area contributed by atoms with Gasteiger partial charge in [0.25, 0.3) is 5.91 Å². The van der Waals surface area contributed by atoms with Crippen LogP contribution in [0.25, 0.3) is 0 Å². The Morgan fingerprint density at radius 1 is 1.11 bits per heavy atom. The monoisotopic (exact) mass is 387 g/mol. The molecule has 1 N–H and O–H groups in total. The number of hydrogen-bond donors (Lipinski definition) is 1. The van der Waals surface area contributed by atoms with E-state index in [0.29, 0.717) is 12.0 Å². The molecule has 2 saturated heterocycles. The van der Waals surface area contributed by atoms with Gasteiger partial charge in [0.1, 0.15) is 0 Å². The highest BCUT2D eigenvalue weighted by atomic mass is 16.3. The lowest BCUT2D eigenvalue weighted by Crippen LogP contribution is -2.56. The van der Waals surface area contributed by atoms with Gasteiger partial charge in [0.15, 0.2) is 0 Å². The predicted octanol–water partition coefficient (Wildman–Crippen LogP) is 2.49. The van der Waals surface area contributed by atoms with Gasteiger partial charge in [-0.15, -0.1) is 0 Å². The summed E-state index contributed by atoms with van der Waals surface area (Å²) in [7, 11) is 2.19. The summed E-state index contributed by atoms with van der Waals surface area (Å²) < 4.78 is 0. The fourth-order valence-corrected chi connectivity index (χ4v) is 4.76. The van der Waals surface area contributed by atoms with E-state index in [9.17, 15) is 9.90 Å². The second-order valence-electron chi connectivity index (χ2n) is 8.52. The number of hydrogen-bond acceptors (Lipinski definition) is 4.